The van der Waals surface area contributed by atoms with Crippen molar-refractivity contribution in [1.82, 2.24) is 14.8 Å². The number of methoxy groups -OCH3 is 2. The van der Waals surface area contributed by atoms with Crippen LogP contribution in [0, 0.1) is 0 Å². The fourth-order valence-electron chi connectivity index (χ4n) is 5.66. The van der Waals surface area contributed by atoms with Gasteiger partial charge in [-0.2, -0.15) is 0 Å². The number of rotatable bonds is 14. The zero-order valence-corrected chi connectivity index (χ0v) is 29.7. The van der Waals surface area contributed by atoms with Gasteiger partial charge in [0, 0.05) is 78.1 Å². The minimum absolute atomic E-state index is 0.231. The molecule has 0 atom stereocenters. The van der Waals surface area contributed by atoms with E-state index < -0.39 is 0 Å². The van der Waals surface area contributed by atoms with Gasteiger partial charge in [0.05, 0.1) is 25.3 Å². The highest BCUT2D eigenvalue weighted by molar-refractivity contribution is 5.99. The van der Waals surface area contributed by atoms with E-state index in [2.05, 4.69) is 4.98 Å². The van der Waals surface area contributed by atoms with Crippen molar-refractivity contribution < 1.29 is 19.1 Å². The topological polar surface area (TPSA) is 78.5 Å². The van der Waals surface area contributed by atoms with Crippen molar-refractivity contribution in [2.75, 3.05) is 52.2 Å². The quantitative estimate of drug-likeness (QED) is 0.127. The van der Waals surface area contributed by atoms with Crippen LogP contribution in [0.25, 0.3) is 0 Å². The van der Waals surface area contributed by atoms with Crippen LogP contribution in [0.2, 0.25) is 0 Å². The third kappa shape index (κ3) is 9.19. The predicted octanol–water partition coefficient (Wildman–Crippen LogP) is 6.92. The highest BCUT2D eigenvalue weighted by atomic mass is 16.5. The molecule has 50 heavy (non-hydrogen) atoms. The van der Waals surface area contributed by atoms with E-state index >= 15 is 0 Å². The molecule has 0 saturated heterocycles. The molecule has 0 spiro atoms. The predicted molar refractivity (Wildman–Crippen MR) is 199 cm³/mol. The molecule has 1 heterocycles. The smallest absolute Gasteiger partial charge is 0.256 e. The van der Waals surface area contributed by atoms with E-state index in [-0.39, 0.29) is 11.8 Å². The van der Waals surface area contributed by atoms with Gasteiger partial charge in [-0.1, -0.05) is 48.5 Å². The summed E-state index contributed by atoms with van der Waals surface area (Å²) in [6.45, 7) is 1.42. The molecule has 0 unspecified atom stereocenters. The third-order valence-electron chi connectivity index (χ3n) is 8.47. The molecule has 5 aromatic rings. The van der Waals surface area contributed by atoms with Crippen LogP contribution in [-0.2, 0) is 26.2 Å². The Hall–Kier alpha value is -5.83. The summed E-state index contributed by atoms with van der Waals surface area (Å²) in [6, 6.07) is 33.3. The van der Waals surface area contributed by atoms with Crippen LogP contribution in [0.5, 0.6) is 11.5 Å². The van der Waals surface area contributed by atoms with Crippen molar-refractivity contribution in [3.8, 4) is 11.5 Å². The molecule has 0 aliphatic rings. The number of nitrogens with zero attached hydrogens (tertiary/aromatic N) is 5. The lowest BCUT2D eigenvalue weighted by molar-refractivity contribution is 0.0726. The molecule has 1 aromatic heterocycles. The van der Waals surface area contributed by atoms with Crippen LogP contribution >= 0.6 is 0 Å². The van der Waals surface area contributed by atoms with Crippen molar-refractivity contribution in [2.45, 2.75) is 26.2 Å². The molecular formula is C41H45N5O4. The molecule has 4 aromatic carbocycles. The van der Waals surface area contributed by atoms with Crippen LogP contribution < -0.4 is 19.3 Å². The van der Waals surface area contributed by atoms with E-state index in [9.17, 15) is 9.59 Å². The van der Waals surface area contributed by atoms with Gasteiger partial charge in [0.1, 0.15) is 11.5 Å². The van der Waals surface area contributed by atoms with Crippen molar-refractivity contribution in [2.24, 2.45) is 0 Å². The van der Waals surface area contributed by atoms with Gasteiger partial charge < -0.3 is 29.1 Å². The van der Waals surface area contributed by atoms with Gasteiger partial charge in [0.15, 0.2) is 0 Å². The average Bonchev–Trinajstić information content (AvgIpc) is 3.14. The summed E-state index contributed by atoms with van der Waals surface area (Å²) in [7, 11) is 11.2. The number of hydrogen-bond acceptors (Lipinski definition) is 7. The normalized spacial score (nSPS) is 10.7. The van der Waals surface area contributed by atoms with E-state index in [1.54, 1.807) is 30.1 Å². The second-order valence-electron chi connectivity index (χ2n) is 12.6. The summed E-state index contributed by atoms with van der Waals surface area (Å²) in [6.07, 6.45) is 3.05. The monoisotopic (exact) mass is 671 g/mol. The minimum Gasteiger partial charge on any atom is -0.497 e. The first kappa shape index (κ1) is 35.5. The summed E-state index contributed by atoms with van der Waals surface area (Å²) in [4.78, 5) is 40.5. The van der Waals surface area contributed by atoms with Gasteiger partial charge >= 0.3 is 0 Å². The molecule has 5 rings (SSSR count). The number of benzene rings is 4. The molecule has 9 heteroatoms. The van der Waals surface area contributed by atoms with Crippen molar-refractivity contribution >= 4 is 23.2 Å². The maximum atomic E-state index is 14.3. The molecule has 0 radical (unpaired) electrons. The van der Waals surface area contributed by atoms with E-state index in [0.717, 1.165) is 33.6 Å². The van der Waals surface area contributed by atoms with Crippen LogP contribution in [0.15, 0.2) is 116 Å². The Morgan fingerprint density at radius 1 is 0.520 bits per heavy atom. The van der Waals surface area contributed by atoms with Crippen LogP contribution in [0.3, 0.4) is 0 Å². The van der Waals surface area contributed by atoms with Gasteiger partial charge in [0.2, 0.25) is 0 Å². The molecule has 258 valence electrons. The maximum Gasteiger partial charge on any atom is 0.256 e. The number of ether oxygens (including phenoxy) is 2. The van der Waals surface area contributed by atoms with Gasteiger partial charge in [-0.25, -0.2) is 0 Å². The molecule has 2 amide bonds. The van der Waals surface area contributed by atoms with E-state index in [1.165, 1.54) is 12.4 Å². The number of amides is 2. The number of anilines is 2. The van der Waals surface area contributed by atoms with Crippen LogP contribution in [0.4, 0.5) is 11.4 Å². The van der Waals surface area contributed by atoms with E-state index in [4.69, 9.17) is 9.47 Å². The number of carbonyl (C=O) groups is 2. The molecule has 0 fully saturated rings. The van der Waals surface area contributed by atoms with E-state index in [0.29, 0.717) is 48.8 Å². The van der Waals surface area contributed by atoms with Gasteiger partial charge in [-0.05, 0) is 76.9 Å². The minimum atomic E-state index is -0.231. The van der Waals surface area contributed by atoms with Crippen molar-refractivity contribution in [1.29, 1.82) is 0 Å². The molecule has 0 aliphatic carbocycles. The molecule has 0 aliphatic heterocycles. The fourth-order valence-corrected chi connectivity index (χ4v) is 5.66. The van der Waals surface area contributed by atoms with Crippen LogP contribution in [0.1, 0.15) is 43.0 Å². The Morgan fingerprint density at radius 2 is 0.900 bits per heavy atom. The molecule has 0 bridgehead atoms. The third-order valence-corrected chi connectivity index (χ3v) is 8.47. The zero-order valence-electron chi connectivity index (χ0n) is 29.7. The van der Waals surface area contributed by atoms with Gasteiger partial charge in [-0.15, -0.1) is 0 Å². The Balaban J connectivity index is 1.45. The second-order valence-corrected chi connectivity index (χ2v) is 12.6. The number of carbonyl (C=O) groups excluding carboxylic acids is 2. The van der Waals surface area contributed by atoms with Gasteiger partial charge in [-0.3, -0.25) is 14.6 Å². The average molecular weight is 672 g/mol. The zero-order chi connectivity index (χ0) is 35.6. The lowest BCUT2D eigenvalue weighted by Crippen LogP contribution is -2.32. The first-order valence-corrected chi connectivity index (χ1v) is 16.5. The van der Waals surface area contributed by atoms with Crippen LogP contribution in [-0.4, -0.2) is 69.0 Å². The second kappa shape index (κ2) is 16.5. The highest BCUT2D eigenvalue weighted by Gasteiger charge is 2.22. The van der Waals surface area contributed by atoms with Crippen molar-refractivity contribution in [3.63, 3.8) is 0 Å². The molecule has 0 N–H and O–H groups in total. The van der Waals surface area contributed by atoms with E-state index in [1.807, 2.05) is 135 Å². The first-order chi connectivity index (χ1) is 24.1. The fraction of sp³-hybridized carbons (Fsp3) is 0.244. The maximum absolute atomic E-state index is 14.3. The molecule has 0 saturated carbocycles. The summed E-state index contributed by atoms with van der Waals surface area (Å²) in [5.74, 6) is 0.967. The molecular weight excluding hydrogens is 626 g/mol. The summed E-state index contributed by atoms with van der Waals surface area (Å²) in [5, 5.41) is 0. The summed E-state index contributed by atoms with van der Waals surface area (Å²) < 4.78 is 10.9. The Bertz CT molecular complexity index is 1760. The largest absolute Gasteiger partial charge is 0.497 e. The van der Waals surface area contributed by atoms with Gasteiger partial charge in [0.25, 0.3) is 11.8 Å². The summed E-state index contributed by atoms with van der Waals surface area (Å²) >= 11 is 0. The molecule has 9 nitrogen and oxygen atoms in total. The van der Waals surface area contributed by atoms with Crippen molar-refractivity contribution in [3.05, 3.63) is 149 Å². The lowest BCUT2D eigenvalue weighted by Gasteiger charge is -2.25. The Morgan fingerprint density at radius 3 is 1.26 bits per heavy atom. The summed E-state index contributed by atoms with van der Waals surface area (Å²) in [5.41, 5.74) is 6.62. The highest BCUT2D eigenvalue weighted by Crippen LogP contribution is 2.23. The lowest BCUT2D eigenvalue weighted by atomic mass is 10.1. The number of hydrogen-bond donors (Lipinski definition) is 0. The number of pyridine rings is 1. The standard InChI is InChI=1S/C41H45N5O4/c1-43(2)36-17-13-30(14-18-36)26-45(28-32-9-7-11-38(21-32)49-5)40(47)34-23-35(25-42-24-34)41(48)46(29-33-10-8-12-39(22-33)50-6)27-31-15-19-37(20-16-31)44(3)4/h7-25H,26-29H2,1-6H3. The number of aromatic nitrogens is 1. The Labute approximate surface area is 295 Å². The Kier molecular flexibility index (Phi) is 11.7. The first-order valence-electron chi connectivity index (χ1n) is 16.5. The SMILES string of the molecule is COc1cccc(CN(Cc2ccc(N(C)C)cc2)C(=O)c2cncc(C(=O)N(Cc3ccc(N(C)C)cc3)Cc3cccc(OC)c3)c2)c1.